The number of halogens is 1. The molecule has 0 rings (SSSR count). The Morgan fingerprint density at radius 1 is 1.00 bits per heavy atom. The molecular weight excluding hydrogens is 230 g/mol. The first-order valence-corrected chi connectivity index (χ1v) is 6.29. The first-order valence-electron chi connectivity index (χ1n) is 5.17. The van der Waals surface area contributed by atoms with E-state index < -0.39 is 0 Å². The molecule has 2 nitrogen and oxygen atoms in total. The normalized spacial score (nSPS) is 10.6. The number of hydrogen-bond donors (Lipinski definition) is 1. The van der Waals surface area contributed by atoms with Crippen molar-refractivity contribution in [3.05, 3.63) is 0 Å². The van der Waals surface area contributed by atoms with Crippen molar-refractivity contribution in [2.45, 2.75) is 32.1 Å². The second-order valence-corrected chi connectivity index (χ2v) is 3.99. The Balaban J connectivity index is 2.76. The van der Waals surface area contributed by atoms with Gasteiger partial charge in [-0.1, -0.05) is 28.8 Å². The molecule has 0 aromatic heterocycles. The minimum atomic E-state index is 0.872. The van der Waals surface area contributed by atoms with Gasteiger partial charge in [0.25, 0.3) is 0 Å². The van der Waals surface area contributed by atoms with Crippen LogP contribution in [0.5, 0.6) is 0 Å². The molecule has 3 heteroatoms. The first kappa shape index (κ1) is 13.4. The van der Waals surface area contributed by atoms with Gasteiger partial charge < -0.3 is 10.1 Å². The second kappa shape index (κ2) is 12.4. The van der Waals surface area contributed by atoms with E-state index in [0.29, 0.717) is 0 Å². The quantitative estimate of drug-likeness (QED) is 0.476. The Hall–Kier alpha value is 0.400. The molecule has 0 aliphatic heterocycles. The molecule has 0 aliphatic carbocycles. The predicted molar refractivity (Wildman–Crippen MR) is 61.6 cm³/mol. The van der Waals surface area contributed by atoms with Gasteiger partial charge >= 0.3 is 0 Å². The lowest BCUT2D eigenvalue weighted by atomic mass is 10.2. The van der Waals surface area contributed by atoms with Gasteiger partial charge in [-0.2, -0.15) is 0 Å². The number of unbranched alkanes of at least 4 members (excludes halogenated alkanes) is 3. The van der Waals surface area contributed by atoms with Crippen molar-refractivity contribution in [3.8, 4) is 0 Å². The fourth-order valence-electron chi connectivity index (χ4n) is 1.16. The molecular formula is C10H22BrNO. The topological polar surface area (TPSA) is 21.3 Å². The molecule has 0 atom stereocenters. The highest BCUT2D eigenvalue weighted by Gasteiger charge is 1.89. The van der Waals surface area contributed by atoms with Crippen LogP contribution in [0.3, 0.4) is 0 Å². The zero-order valence-electron chi connectivity index (χ0n) is 8.65. The Morgan fingerprint density at radius 3 is 2.38 bits per heavy atom. The maximum absolute atomic E-state index is 4.96. The summed E-state index contributed by atoms with van der Waals surface area (Å²) in [6.07, 6.45) is 6.44. The summed E-state index contributed by atoms with van der Waals surface area (Å²) in [6.45, 7) is 3.12. The van der Waals surface area contributed by atoms with E-state index in [4.69, 9.17) is 4.74 Å². The van der Waals surface area contributed by atoms with Gasteiger partial charge in [0.2, 0.25) is 0 Å². The van der Waals surface area contributed by atoms with Crippen LogP contribution in [-0.2, 0) is 4.74 Å². The maximum atomic E-state index is 4.96. The number of nitrogens with one attached hydrogen (secondary N) is 1. The minimum Gasteiger partial charge on any atom is -0.385 e. The summed E-state index contributed by atoms with van der Waals surface area (Å²) < 4.78 is 4.96. The Morgan fingerprint density at radius 2 is 1.69 bits per heavy atom. The van der Waals surface area contributed by atoms with Crippen molar-refractivity contribution in [1.82, 2.24) is 5.32 Å². The van der Waals surface area contributed by atoms with Crippen LogP contribution in [0.2, 0.25) is 0 Å². The lowest BCUT2D eigenvalue weighted by Gasteiger charge is -2.03. The lowest BCUT2D eigenvalue weighted by Crippen LogP contribution is -2.17. The summed E-state index contributed by atoms with van der Waals surface area (Å²) in [4.78, 5) is 0. The standard InChI is InChI=1S/C10H22BrNO/c1-13-10-6-9-12-8-5-3-2-4-7-11/h12H,2-10H2,1H3. The molecule has 1 N–H and O–H groups in total. The zero-order chi connectivity index (χ0) is 9.78. The molecule has 0 heterocycles. The van der Waals surface area contributed by atoms with Crippen LogP contribution in [0.15, 0.2) is 0 Å². The van der Waals surface area contributed by atoms with E-state index >= 15 is 0 Å². The second-order valence-electron chi connectivity index (χ2n) is 3.20. The number of ether oxygens (including phenoxy) is 1. The van der Waals surface area contributed by atoms with Crippen molar-refractivity contribution >= 4 is 15.9 Å². The van der Waals surface area contributed by atoms with Crippen molar-refractivity contribution in [2.75, 3.05) is 32.1 Å². The lowest BCUT2D eigenvalue weighted by molar-refractivity contribution is 0.194. The third-order valence-electron chi connectivity index (χ3n) is 1.94. The van der Waals surface area contributed by atoms with Crippen LogP contribution in [0.4, 0.5) is 0 Å². The maximum Gasteiger partial charge on any atom is 0.0474 e. The fourth-order valence-corrected chi connectivity index (χ4v) is 1.56. The van der Waals surface area contributed by atoms with E-state index in [-0.39, 0.29) is 0 Å². The monoisotopic (exact) mass is 251 g/mol. The summed E-state index contributed by atoms with van der Waals surface area (Å²) >= 11 is 3.43. The predicted octanol–water partition coefficient (Wildman–Crippen LogP) is 2.57. The summed E-state index contributed by atoms with van der Waals surface area (Å²) in [7, 11) is 1.75. The van der Waals surface area contributed by atoms with Gasteiger partial charge in [0.1, 0.15) is 0 Å². The minimum absolute atomic E-state index is 0.872. The van der Waals surface area contributed by atoms with Gasteiger partial charge in [-0.25, -0.2) is 0 Å². The SMILES string of the molecule is COCCCNCCCCCCBr. The molecule has 0 aromatic rings. The molecule has 0 radical (unpaired) electrons. The van der Waals surface area contributed by atoms with Crippen molar-refractivity contribution < 1.29 is 4.74 Å². The van der Waals surface area contributed by atoms with Crippen LogP contribution in [0.1, 0.15) is 32.1 Å². The highest BCUT2D eigenvalue weighted by atomic mass is 79.9. The summed E-state index contributed by atoms with van der Waals surface area (Å²) in [5.41, 5.74) is 0. The molecule has 13 heavy (non-hydrogen) atoms. The smallest absolute Gasteiger partial charge is 0.0474 e. The van der Waals surface area contributed by atoms with Crippen LogP contribution >= 0.6 is 15.9 Å². The molecule has 0 spiro atoms. The van der Waals surface area contributed by atoms with Crippen molar-refractivity contribution in [2.24, 2.45) is 0 Å². The molecule has 0 saturated heterocycles. The molecule has 0 amide bonds. The van der Waals surface area contributed by atoms with E-state index in [1.54, 1.807) is 7.11 Å². The van der Waals surface area contributed by atoms with Gasteiger partial charge in [0.15, 0.2) is 0 Å². The van der Waals surface area contributed by atoms with Gasteiger partial charge in [0.05, 0.1) is 0 Å². The number of alkyl halides is 1. The molecule has 0 aromatic carbocycles. The highest BCUT2D eigenvalue weighted by Crippen LogP contribution is 2.00. The average Bonchev–Trinajstić information content (AvgIpc) is 2.16. The fraction of sp³-hybridized carbons (Fsp3) is 1.00. The van der Waals surface area contributed by atoms with E-state index in [1.807, 2.05) is 0 Å². The Labute approximate surface area is 90.6 Å². The van der Waals surface area contributed by atoms with Crippen molar-refractivity contribution in [3.63, 3.8) is 0 Å². The Bertz CT molecular complexity index is 81.0. The summed E-state index contributed by atoms with van der Waals surface area (Å²) in [6, 6.07) is 0. The van der Waals surface area contributed by atoms with Crippen LogP contribution in [0.25, 0.3) is 0 Å². The van der Waals surface area contributed by atoms with Crippen molar-refractivity contribution in [1.29, 1.82) is 0 Å². The van der Waals surface area contributed by atoms with E-state index in [9.17, 15) is 0 Å². The third-order valence-corrected chi connectivity index (χ3v) is 2.50. The summed E-state index contributed by atoms with van der Waals surface area (Å²) in [5.74, 6) is 0. The van der Waals surface area contributed by atoms with Crippen LogP contribution in [0, 0.1) is 0 Å². The van der Waals surface area contributed by atoms with Crippen LogP contribution in [-0.4, -0.2) is 32.1 Å². The largest absolute Gasteiger partial charge is 0.385 e. The highest BCUT2D eigenvalue weighted by molar-refractivity contribution is 9.09. The molecule has 0 unspecified atom stereocenters. The first-order chi connectivity index (χ1) is 6.41. The summed E-state index contributed by atoms with van der Waals surface area (Å²) in [5, 5.41) is 4.55. The van der Waals surface area contributed by atoms with E-state index in [1.165, 1.54) is 25.7 Å². The molecule has 0 saturated carbocycles. The van der Waals surface area contributed by atoms with Crippen LogP contribution < -0.4 is 5.32 Å². The van der Waals surface area contributed by atoms with E-state index in [0.717, 1.165) is 31.4 Å². The zero-order valence-corrected chi connectivity index (χ0v) is 10.2. The Kier molecular flexibility index (Phi) is 12.8. The third kappa shape index (κ3) is 12.4. The average molecular weight is 252 g/mol. The number of rotatable bonds is 10. The van der Waals surface area contributed by atoms with Gasteiger partial charge in [-0.3, -0.25) is 0 Å². The molecule has 80 valence electrons. The molecule has 0 aliphatic rings. The van der Waals surface area contributed by atoms with Gasteiger partial charge in [-0.15, -0.1) is 0 Å². The number of methoxy groups -OCH3 is 1. The van der Waals surface area contributed by atoms with Gasteiger partial charge in [0, 0.05) is 19.0 Å². The van der Waals surface area contributed by atoms with Gasteiger partial charge in [-0.05, 0) is 32.4 Å². The number of hydrogen-bond acceptors (Lipinski definition) is 2. The molecule has 0 fully saturated rings. The molecule has 0 bridgehead atoms. The van der Waals surface area contributed by atoms with E-state index in [2.05, 4.69) is 21.2 Å².